The number of carbonyl (C=O) groups is 1. The predicted octanol–water partition coefficient (Wildman–Crippen LogP) is 3.15. The molecule has 0 unspecified atom stereocenters. The molecule has 1 nitrogen and oxygen atoms in total. The second-order valence-corrected chi connectivity index (χ2v) is 3.95. The van der Waals surface area contributed by atoms with E-state index < -0.39 is 0 Å². The van der Waals surface area contributed by atoms with Crippen molar-refractivity contribution in [3.05, 3.63) is 57.8 Å². The summed E-state index contributed by atoms with van der Waals surface area (Å²) in [6.07, 6.45) is 1.79. The van der Waals surface area contributed by atoms with Crippen LogP contribution in [0.15, 0.2) is 41.1 Å². The highest BCUT2D eigenvalue weighted by Gasteiger charge is 1.97. The zero-order valence-corrected chi connectivity index (χ0v) is 8.46. The fourth-order valence-electron chi connectivity index (χ4n) is 1.41. The second-order valence-electron chi connectivity index (χ2n) is 3.17. The number of carbonyl (C=O) groups excluding carboxylic acids is 1. The summed E-state index contributed by atoms with van der Waals surface area (Å²) in [5.41, 5.74) is 3.24. The van der Waals surface area contributed by atoms with E-state index in [0.717, 1.165) is 18.3 Å². The molecule has 14 heavy (non-hydrogen) atoms. The lowest BCUT2D eigenvalue weighted by Gasteiger charge is -1.99. The van der Waals surface area contributed by atoms with Gasteiger partial charge in [-0.25, -0.2) is 0 Å². The van der Waals surface area contributed by atoms with Gasteiger partial charge in [0.2, 0.25) is 0 Å². The van der Waals surface area contributed by atoms with E-state index >= 15 is 0 Å². The smallest absolute Gasteiger partial charge is 0.150 e. The lowest BCUT2D eigenvalue weighted by molar-refractivity contribution is 0.112. The van der Waals surface area contributed by atoms with E-state index in [-0.39, 0.29) is 0 Å². The number of thiophene rings is 1. The molecular formula is C12H10OS. The van der Waals surface area contributed by atoms with Crippen LogP contribution in [-0.4, -0.2) is 6.29 Å². The van der Waals surface area contributed by atoms with Crippen molar-refractivity contribution >= 4 is 17.6 Å². The minimum Gasteiger partial charge on any atom is -0.298 e. The van der Waals surface area contributed by atoms with E-state index in [9.17, 15) is 4.79 Å². The third-order valence-corrected chi connectivity index (χ3v) is 2.81. The first-order chi connectivity index (χ1) is 6.88. The Morgan fingerprint density at radius 1 is 1.21 bits per heavy atom. The quantitative estimate of drug-likeness (QED) is 0.699. The Morgan fingerprint density at radius 3 is 2.86 bits per heavy atom. The summed E-state index contributed by atoms with van der Waals surface area (Å²) < 4.78 is 0. The average molecular weight is 202 g/mol. The molecule has 0 aliphatic carbocycles. The maximum Gasteiger partial charge on any atom is 0.150 e. The Balaban J connectivity index is 2.21. The summed E-state index contributed by atoms with van der Waals surface area (Å²) in [5, 5.41) is 4.20. The van der Waals surface area contributed by atoms with E-state index in [0.29, 0.717) is 0 Å². The van der Waals surface area contributed by atoms with Gasteiger partial charge in [-0.1, -0.05) is 18.2 Å². The Morgan fingerprint density at radius 2 is 2.14 bits per heavy atom. The zero-order valence-electron chi connectivity index (χ0n) is 7.64. The van der Waals surface area contributed by atoms with Crippen LogP contribution in [0.5, 0.6) is 0 Å². The maximum atomic E-state index is 10.6. The first-order valence-corrected chi connectivity index (χ1v) is 5.38. The van der Waals surface area contributed by atoms with Crippen molar-refractivity contribution in [2.45, 2.75) is 6.42 Å². The molecule has 0 fully saturated rings. The summed E-state index contributed by atoms with van der Waals surface area (Å²) in [7, 11) is 0. The van der Waals surface area contributed by atoms with Gasteiger partial charge in [-0.2, -0.15) is 11.3 Å². The zero-order chi connectivity index (χ0) is 9.80. The normalized spacial score (nSPS) is 10.0. The number of aldehydes is 1. The topological polar surface area (TPSA) is 17.1 Å². The SMILES string of the molecule is O=Cc1cccc(Cc2ccsc2)c1. The molecule has 2 aromatic rings. The lowest BCUT2D eigenvalue weighted by Crippen LogP contribution is -1.87. The third kappa shape index (κ3) is 2.09. The van der Waals surface area contributed by atoms with E-state index in [1.165, 1.54) is 11.1 Å². The van der Waals surface area contributed by atoms with Gasteiger partial charge in [0.25, 0.3) is 0 Å². The van der Waals surface area contributed by atoms with Gasteiger partial charge in [0, 0.05) is 5.56 Å². The van der Waals surface area contributed by atoms with Crippen LogP contribution in [0.3, 0.4) is 0 Å². The fourth-order valence-corrected chi connectivity index (χ4v) is 2.07. The molecule has 0 aliphatic heterocycles. The van der Waals surface area contributed by atoms with Crippen LogP contribution in [0.4, 0.5) is 0 Å². The molecular weight excluding hydrogens is 192 g/mol. The second kappa shape index (κ2) is 4.20. The third-order valence-electron chi connectivity index (χ3n) is 2.08. The summed E-state index contributed by atoms with van der Waals surface area (Å²) in [4.78, 5) is 10.6. The number of benzene rings is 1. The summed E-state index contributed by atoms with van der Waals surface area (Å²) in [6.45, 7) is 0. The molecule has 0 bridgehead atoms. The standard InChI is InChI=1S/C12H10OS/c13-8-11-3-1-2-10(6-11)7-12-4-5-14-9-12/h1-6,8-9H,7H2. The van der Waals surface area contributed by atoms with Crippen molar-refractivity contribution in [1.29, 1.82) is 0 Å². The Hall–Kier alpha value is -1.41. The summed E-state index contributed by atoms with van der Waals surface area (Å²) in [6, 6.07) is 9.84. The molecule has 2 rings (SSSR count). The van der Waals surface area contributed by atoms with Gasteiger partial charge in [-0.05, 0) is 40.4 Å². The van der Waals surface area contributed by atoms with Crippen LogP contribution in [-0.2, 0) is 6.42 Å². The van der Waals surface area contributed by atoms with Crippen LogP contribution in [0.25, 0.3) is 0 Å². The molecule has 0 spiro atoms. The highest BCUT2D eigenvalue weighted by atomic mass is 32.1. The van der Waals surface area contributed by atoms with Gasteiger partial charge in [0.05, 0.1) is 0 Å². The largest absolute Gasteiger partial charge is 0.298 e. The summed E-state index contributed by atoms with van der Waals surface area (Å²) >= 11 is 1.70. The van der Waals surface area contributed by atoms with E-state index in [1.54, 1.807) is 11.3 Å². The molecule has 0 N–H and O–H groups in total. The molecule has 1 aromatic carbocycles. The predicted molar refractivity (Wildman–Crippen MR) is 59.0 cm³/mol. The fraction of sp³-hybridized carbons (Fsp3) is 0.0833. The average Bonchev–Trinajstić information content (AvgIpc) is 2.71. The van der Waals surface area contributed by atoms with Crippen molar-refractivity contribution < 1.29 is 4.79 Å². The Labute approximate surface area is 87.0 Å². The van der Waals surface area contributed by atoms with Crippen LogP contribution in [0, 0.1) is 0 Å². The lowest BCUT2D eigenvalue weighted by atomic mass is 10.1. The molecule has 70 valence electrons. The first kappa shape index (κ1) is 9.16. The van der Waals surface area contributed by atoms with Gasteiger partial charge in [0.15, 0.2) is 0 Å². The molecule has 0 aliphatic rings. The number of hydrogen-bond donors (Lipinski definition) is 0. The van der Waals surface area contributed by atoms with Crippen LogP contribution < -0.4 is 0 Å². The number of rotatable bonds is 3. The van der Waals surface area contributed by atoms with Crippen LogP contribution >= 0.6 is 11.3 Å². The van der Waals surface area contributed by atoms with Crippen molar-refractivity contribution in [2.75, 3.05) is 0 Å². The van der Waals surface area contributed by atoms with Crippen molar-refractivity contribution in [1.82, 2.24) is 0 Å². The first-order valence-electron chi connectivity index (χ1n) is 4.43. The van der Waals surface area contributed by atoms with Crippen molar-refractivity contribution in [2.24, 2.45) is 0 Å². The molecule has 0 atom stereocenters. The van der Waals surface area contributed by atoms with Gasteiger partial charge >= 0.3 is 0 Å². The molecule has 1 heterocycles. The van der Waals surface area contributed by atoms with Crippen molar-refractivity contribution in [3.63, 3.8) is 0 Å². The van der Waals surface area contributed by atoms with Gasteiger partial charge in [0.1, 0.15) is 6.29 Å². The van der Waals surface area contributed by atoms with E-state index in [4.69, 9.17) is 0 Å². The molecule has 0 saturated heterocycles. The van der Waals surface area contributed by atoms with Crippen LogP contribution in [0.1, 0.15) is 21.5 Å². The molecule has 1 aromatic heterocycles. The minimum atomic E-state index is 0.748. The summed E-state index contributed by atoms with van der Waals surface area (Å²) in [5.74, 6) is 0. The van der Waals surface area contributed by atoms with Gasteiger partial charge < -0.3 is 0 Å². The highest BCUT2D eigenvalue weighted by molar-refractivity contribution is 7.07. The molecule has 2 heteroatoms. The number of hydrogen-bond acceptors (Lipinski definition) is 2. The highest BCUT2D eigenvalue weighted by Crippen LogP contribution is 2.13. The Kier molecular flexibility index (Phi) is 2.75. The molecule has 0 saturated carbocycles. The van der Waals surface area contributed by atoms with Gasteiger partial charge in [-0.15, -0.1) is 0 Å². The van der Waals surface area contributed by atoms with E-state index in [1.807, 2.05) is 24.3 Å². The van der Waals surface area contributed by atoms with Crippen LogP contribution in [0.2, 0.25) is 0 Å². The molecule has 0 amide bonds. The molecule has 0 radical (unpaired) electrons. The van der Waals surface area contributed by atoms with Gasteiger partial charge in [-0.3, -0.25) is 4.79 Å². The Bertz CT molecular complexity index is 418. The van der Waals surface area contributed by atoms with E-state index in [2.05, 4.69) is 16.8 Å². The minimum absolute atomic E-state index is 0.748. The monoisotopic (exact) mass is 202 g/mol. The maximum absolute atomic E-state index is 10.6. The van der Waals surface area contributed by atoms with Crippen molar-refractivity contribution in [3.8, 4) is 0 Å².